The number of rotatable bonds is 5. The van der Waals surface area contributed by atoms with E-state index < -0.39 is 70.1 Å². The van der Waals surface area contributed by atoms with Gasteiger partial charge in [0.05, 0.1) is 23.8 Å². The van der Waals surface area contributed by atoms with Gasteiger partial charge >= 0.3 is 0 Å². The number of allylic oxidation sites excluding steroid dienone is 3. The Morgan fingerprint density at radius 2 is 1.85 bits per heavy atom. The second-order valence-electron chi connectivity index (χ2n) is 11.1. The molecule has 2 unspecified atom stereocenters. The van der Waals surface area contributed by atoms with Crippen molar-refractivity contribution >= 4 is 28.7 Å². The number of aliphatic hydroxyl groups is 4. The van der Waals surface area contributed by atoms with Crippen LogP contribution in [0.2, 0.25) is 0 Å². The quantitative estimate of drug-likeness (QED) is 0.184. The summed E-state index contributed by atoms with van der Waals surface area (Å²) in [5.41, 5.74) is 9.20. The van der Waals surface area contributed by atoms with Gasteiger partial charge in [-0.3, -0.25) is 24.5 Å². The number of carbonyl (C=O) groups is 3. The topological polar surface area (TPSA) is 234 Å². The fourth-order valence-electron chi connectivity index (χ4n) is 6.94. The number of amides is 1. The molecule has 4 aliphatic rings. The zero-order valence-corrected chi connectivity index (χ0v) is 22.3. The number of fused-ring (bicyclic) bond motifs is 3. The second kappa shape index (κ2) is 9.91. The van der Waals surface area contributed by atoms with Crippen molar-refractivity contribution in [3.63, 3.8) is 0 Å². The lowest BCUT2D eigenvalue weighted by molar-refractivity contribution is -0.137. The van der Waals surface area contributed by atoms with Crippen LogP contribution in [0.4, 0.5) is 5.69 Å². The standard InChI is InChI=1S/C28H31N4O9/c1-31(2)21-17-9-12-7-16-15(11-4-3-5-14(6-11)32(40)41)8-13(10-29)22(33)19(16)23(34)18(12)25(36)28(17,39)26(37)20(24(21)35)27(30)38/h3-6,8,12,17,19,21-22,33,36-37,39-40H,7,9-10,29H2,1-2H3,(H2,30,38)/q-1/t12-,17-,19?,21-,22?,28-/m0/s1. The normalized spacial score (nSPS) is 31.6. The maximum atomic E-state index is 14.1. The third-order valence-corrected chi connectivity index (χ3v) is 8.77. The van der Waals surface area contributed by atoms with Crippen LogP contribution >= 0.6 is 0 Å². The molecular weight excluding hydrogens is 536 g/mol. The lowest BCUT2D eigenvalue weighted by Crippen LogP contribution is -2.63. The zero-order chi connectivity index (χ0) is 30.1. The van der Waals surface area contributed by atoms with Gasteiger partial charge in [0.1, 0.15) is 17.1 Å². The molecule has 0 aromatic heterocycles. The van der Waals surface area contributed by atoms with Gasteiger partial charge in [0.2, 0.25) is 0 Å². The van der Waals surface area contributed by atoms with E-state index in [4.69, 9.17) is 11.5 Å². The maximum Gasteiger partial charge on any atom is 0.255 e. The zero-order valence-electron chi connectivity index (χ0n) is 22.3. The van der Waals surface area contributed by atoms with Crippen molar-refractivity contribution in [1.82, 2.24) is 4.90 Å². The van der Waals surface area contributed by atoms with Gasteiger partial charge in [-0.15, -0.1) is 0 Å². The van der Waals surface area contributed by atoms with Crippen LogP contribution in [-0.2, 0) is 14.4 Å². The molecule has 9 N–H and O–H groups in total. The summed E-state index contributed by atoms with van der Waals surface area (Å²) in [6, 6.07) is 4.83. The van der Waals surface area contributed by atoms with Gasteiger partial charge in [-0.2, -0.15) is 0 Å². The Kier molecular flexibility index (Phi) is 6.93. The summed E-state index contributed by atoms with van der Waals surface area (Å²) < 4.78 is 0. The van der Waals surface area contributed by atoms with E-state index in [1.165, 1.54) is 31.1 Å². The second-order valence-corrected chi connectivity index (χ2v) is 11.1. The summed E-state index contributed by atoms with van der Waals surface area (Å²) in [6.07, 6.45) is 0.313. The van der Waals surface area contributed by atoms with Crippen molar-refractivity contribution in [3.05, 3.63) is 74.9 Å². The van der Waals surface area contributed by atoms with Crippen molar-refractivity contribution in [2.45, 2.75) is 30.6 Å². The number of nitrogens with zero attached hydrogens (tertiary/aromatic N) is 2. The minimum atomic E-state index is -2.65. The average molecular weight is 568 g/mol. The van der Waals surface area contributed by atoms with E-state index in [0.29, 0.717) is 22.3 Å². The predicted octanol–water partition coefficient (Wildman–Crippen LogP) is -0.0282. The number of aliphatic hydroxyl groups excluding tert-OH is 3. The van der Waals surface area contributed by atoms with Gasteiger partial charge in [-0.1, -0.05) is 18.2 Å². The summed E-state index contributed by atoms with van der Waals surface area (Å²) >= 11 is 0. The van der Waals surface area contributed by atoms with E-state index in [1.54, 1.807) is 18.2 Å². The van der Waals surface area contributed by atoms with E-state index in [2.05, 4.69) is 0 Å². The van der Waals surface area contributed by atoms with Gasteiger partial charge < -0.3 is 42.3 Å². The fraction of sp³-hybridized carbons (Fsp3) is 0.393. The van der Waals surface area contributed by atoms with Crippen LogP contribution in [-0.4, -0.2) is 86.4 Å². The smallest absolute Gasteiger partial charge is 0.255 e. The molecule has 41 heavy (non-hydrogen) atoms. The van der Waals surface area contributed by atoms with Crippen molar-refractivity contribution in [1.29, 1.82) is 0 Å². The number of primary amides is 1. The van der Waals surface area contributed by atoms with Crippen LogP contribution in [0.3, 0.4) is 0 Å². The van der Waals surface area contributed by atoms with E-state index >= 15 is 0 Å². The van der Waals surface area contributed by atoms with Crippen molar-refractivity contribution < 1.29 is 40.0 Å². The molecule has 5 rings (SSSR count). The highest BCUT2D eigenvalue weighted by molar-refractivity contribution is 6.22. The molecule has 1 aromatic carbocycles. The Morgan fingerprint density at radius 3 is 2.44 bits per heavy atom. The Balaban J connectivity index is 1.73. The molecule has 0 heterocycles. The van der Waals surface area contributed by atoms with Gasteiger partial charge in [0, 0.05) is 18.0 Å². The predicted molar refractivity (Wildman–Crippen MR) is 145 cm³/mol. The molecule has 0 bridgehead atoms. The van der Waals surface area contributed by atoms with Gasteiger partial charge in [0.15, 0.2) is 17.2 Å². The Labute approximate surface area is 234 Å². The minimum Gasteiger partial charge on any atom is -0.733 e. The van der Waals surface area contributed by atoms with Crippen molar-refractivity contribution in [3.8, 4) is 0 Å². The molecule has 0 radical (unpaired) electrons. The first-order valence-electron chi connectivity index (χ1n) is 13.0. The highest BCUT2D eigenvalue weighted by Crippen LogP contribution is 2.55. The molecule has 0 spiro atoms. The van der Waals surface area contributed by atoms with E-state index in [0.717, 1.165) is 0 Å². The molecule has 0 aliphatic heterocycles. The van der Waals surface area contributed by atoms with Crippen LogP contribution in [0.1, 0.15) is 18.4 Å². The first-order valence-corrected chi connectivity index (χ1v) is 13.0. The lowest BCUT2D eigenvalue weighted by Gasteiger charge is -2.51. The molecule has 1 aromatic rings. The number of anilines is 1. The SMILES string of the molecule is CN(C)[C@@H]1C(=O)C(C(N)=O)=C(O)[C@@]2(O)C(O)=C3C(=O)C4C(=C(c5cccc(N([O-])O)c5)C=C(CN)C4O)C[C@H]3C[C@@H]12. The highest BCUT2D eigenvalue weighted by Gasteiger charge is 2.63. The van der Waals surface area contributed by atoms with Crippen molar-refractivity contribution in [2.75, 3.05) is 25.9 Å². The number of likely N-dealkylation sites (N-methyl/N-ethyl adjacent to an activating group) is 1. The summed E-state index contributed by atoms with van der Waals surface area (Å²) in [5.74, 6) is -7.99. The Bertz CT molecular complexity index is 1490. The molecule has 6 atom stereocenters. The summed E-state index contributed by atoms with van der Waals surface area (Å²) in [4.78, 5) is 40.9. The third-order valence-electron chi connectivity index (χ3n) is 8.77. The number of hydrogen-bond acceptors (Lipinski definition) is 12. The highest BCUT2D eigenvalue weighted by atomic mass is 16.8. The van der Waals surface area contributed by atoms with Crippen LogP contribution in [0.15, 0.2) is 64.2 Å². The maximum absolute atomic E-state index is 14.1. The molecule has 1 amide bonds. The average Bonchev–Trinajstić information content (AvgIpc) is 2.90. The number of Topliss-reactive ketones (excluding diaryl/α,β-unsaturated/α-hetero) is 2. The number of hydrogen-bond donors (Lipinski definition) is 7. The molecule has 0 saturated heterocycles. The molecular formula is C28H31N4O9-. The lowest BCUT2D eigenvalue weighted by atomic mass is 9.56. The van der Waals surface area contributed by atoms with Gasteiger partial charge in [0.25, 0.3) is 5.91 Å². The van der Waals surface area contributed by atoms with Crippen molar-refractivity contribution in [2.24, 2.45) is 29.2 Å². The first-order chi connectivity index (χ1) is 19.2. The number of nitrogens with two attached hydrogens (primary N) is 2. The number of ketones is 2. The molecule has 218 valence electrons. The Morgan fingerprint density at radius 1 is 1.17 bits per heavy atom. The summed E-state index contributed by atoms with van der Waals surface area (Å²) in [7, 11) is 3.07. The summed E-state index contributed by atoms with van der Waals surface area (Å²) in [6.45, 7) is -0.117. The molecule has 13 heteroatoms. The van der Waals surface area contributed by atoms with Crippen LogP contribution in [0.25, 0.3) is 5.57 Å². The largest absolute Gasteiger partial charge is 0.733 e. The number of carbonyl (C=O) groups excluding carboxylic acids is 3. The van der Waals surface area contributed by atoms with E-state index in [9.17, 15) is 45.2 Å². The molecule has 4 aliphatic carbocycles. The van der Waals surface area contributed by atoms with E-state index in [-0.39, 0.29) is 35.9 Å². The molecule has 1 fully saturated rings. The third kappa shape index (κ3) is 4.04. The fourth-order valence-corrected chi connectivity index (χ4v) is 6.94. The van der Waals surface area contributed by atoms with Crippen LogP contribution in [0, 0.1) is 23.0 Å². The Hall–Kier alpha value is -3.85. The van der Waals surface area contributed by atoms with Crippen LogP contribution in [0.5, 0.6) is 0 Å². The summed E-state index contributed by atoms with van der Waals surface area (Å²) in [5, 5.41) is 66.2. The van der Waals surface area contributed by atoms with Gasteiger partial charge in [-0.05, 0) is 67.3 Å². The molecule has 1 saturated carbocycles. The van der Waals surface area contributed by atoms with Gasteiger partial charge in [-0.25, -0.2) is 0 Å². The first kappa shape index (κ1) is 28.7. The number of benzene rings is 1. The van der Waals surface area contributed by atoms with E-state index in [1.807, 2.05) is 0 Å². The minimum absolute atomic E-state index is 0.0512. The molecule has 13 nitrogen and oxygen atoms in total. The van der Waals surface area contributed by atoms with Crippen LogP contribution < -0.4 is 16.7 Å². The monoisotopic (exact) mass is 567 g/mol.